The van der Waals surface area contributed by atoms with Crippen molar-refractivity contribution in [3.63, 3.8) is 0 Å². The van der Waals surface area contributed by atoms with Crippen LogP contribution in [0.2, 0.25) is 0 Å². The largest absolute Gasteiger partial charge is 0.497 e. The molecule has 0 atom stereocenters. The number of nitrogens with zero attached hydrogens (tertiary/aromatic N) is 1. The Bertz CT molecular complexity index is 851. The molecule has 0 aliphatic carbocycles. The standard InChI is InChI=1S/C18H19N3O5/c1-25-14-9-13(10-15(11-14)26-2)6-7-16(22)19-20-17(23)12-21-8-4-3-5-18(21)24/h3-11H,12H2,1-2H3,(H,19,22)(H,20,23)/b7-6+. The minimum atomic E-state index is -0.527. The molecular weight excluding hydrogens is 338 g/mol. The number of nitrogens with one attached hydrogen (secondary N) is 2. The molecule has 8 nitrogen and oxygen atoms in total. The molecule has 2 aromatic rings. The maximum Gasteiger partial charge on any atom is 0.262 e. The van der Waals surface area contributed by atoms with Gasteiger partial charge in [-0.05, 0) is 29.8 Å². The van der Waals surface area contributed by atoms with Crippen molar-refractivity contribution in [1.29, 1.82) is 0 Å². The zero-order valence-electron chi connectivity index (χ0n) is 14.4. The summed E-state index contributed by atoms with van der Waals surface area (Å²) in [4.78, 5) is 35.1. The van der Waals surface area contributed by atoms with E-state index in [9.17, 15) is 14.4 Å². The molecule has 2 amide bonds. The number of hydrazine groups is 1. The summed E-state index contributed by atoms with van der Waals surface area (Å²) in [5.74, 6) is 0.126. The Kier molecular flexibility index (Phi) is 6.55. The fourth-order valence-electron chi connectivity index (χ4n) is 2.06. The van der Waals surface area contributed by atoms with Crippen molar-refractivity contribution in [3.8, 4) is 11.5 Å². The number of pyridine rings is 1. The van der Waals surface area contributed by atoms with Crippen molar-refractivity contribution in [2.24, 2.45) is 0 Å². The number of amides is 2. The molecule has 0 bridgehead atoms. The first-order valence-corrected chi connectivity index (χ1v) is 7.67. The van der Waals surface area contributed by atoms with Crippen LogP contribution in [0.3, 0.4) is 0 Å². The molecule has 0 spiro atoms. The lowest BCUT2D eigenvalue weighted by atomic mass is 10.2. The van der Waals surface area contributed by atoms with Crippen molar-refractivity contribution in [1.82, 2.24) is 15.4 Å². The third-order valence-electron chi connectivity index (χ3n) is 3.34. The maximum atomic E-state index is 11.8. The lowest BCUT2D eigenvalue weighted by Gasteiger charge is -2.07. The Labute approximate surface area is 150 Å². The molecule has 0 aliphatic rings. The van der Waals surface area contributed by atoms with Crippen LogP contribution in [0, 0.1) is 0 Å². The minimum absolute atomic E-state index is 0.198. The maximum absolute atomic E-state index is 11.8. The van der Waals surface area contributed by atoms with E-state index in [1.54, 1.807) is 36.4 Å². The number of methoxy groups -OCH3 is 2. The molecule has 0 radical (unpaired) electrons. The summed E-state index contributed by atoms with van der Waals surface area (Å²) in [6.07, 6.45) is 4.29. The molecule has 0 saturated heterocycles. The molecule has 0 fully saturated rings. The van der Waals surface area contributed by atoms with E-state index in [2.05, 4.69) is 10.9 Å². The Morgan fingerprint density at radius 2 is 1.77 bits per heavy atom. The van der Waals surface area contributed by atoms with E-state index < -0.39 is 11.8 Å². The third-order valence-corrected chi connectivity index (χ3v) is 3.34. The smallest absolute Gasteiger partial charge is 0.262 e. The van der Waals surface area contributed by atoms with E-state index >= 15 is 0 Å². The molecule has 0 aliphatic heterocycles. The first-order chi connectivity index (χ1) is 12.5. The molecule has 1 aromatic heterocycles. The molecule has 26 heavy (non-hydrogen) atoms. The highest BCUT2D eigenvalue weighted by Crippen LogP contribution is 2.23. The highest BCUT2D eigenvalue weighted by atomic mass is 16.5. The van der Waals surface area contributed by atoms with Gasteiger partial charge in [-0.15, -0.1) is 0 Å². The van der Waals surface area contributed by atoms with Crippen LogP contribution in [-0.4, -0.2) is 30.6 Å². The SMILES string of the molecule is COc1cc(/C=C/C(=O)NNC(=O)Cn2ccccc2=O)cc(OC)c1. The summed E-state index contributed by atoms with van der Waals surface area (Å²) in [6, 6.07) is 9.73. The van der Waals surface area contributed by atoms with E-state index in [1.165, 1.54) is 37.1 Å². The average molecular weight is 357 g/mol. The van der Waals surface area contributed by atoms with E-state index in [0.29, 0.717) is 17.1 Å². The van der Waals surface area contributed by atoms with Gasteiger partial charge in [0.15, 0.2) is 0 Å². The fourth-order valence-corrected chi connectivity index (χ4v) is 2.06. The lowest BCUT2D eigenvalue weighted by molar-refractivity contribution is -0.127. The molecule has 2 N–H and O–H groups in total. The molecule has 2 rings (SSSR count). The van der Waals surface area contributed by atoms with Crippen molar-refractivity contribution in [2.75, 3.05) is 14.2 Å². The van der Waals surface area contributed by atoms with Crippen LogP contribution in [0.4, 0.5) is 0 Å². The normalized spacial score (nSPS) is 10.4. The average Bonchev–Trinajstić information content (AvgIpc) is 2.66. The first-order valence-electron chi connectivity index (χ1n) is 7.67. The van der Waals surface area contributed by atoms with Crippen molar-refractivity contribution in [2.45, 2.75) is 6.54 Å². The number of hydrogen-bond donors (Lipinski definition) is 2. The molecule has 1 aromatic carbocycles. The first kappa shape index (κ1) is 18.8. The number of hydrogen-bond acceptors (Lipinski definition) is 5. The summed E-state index contributed by atoms with van der Waals surface area (Å²) in [6.45, 7) is -0.198. The van der Waals surface area contributed by atoms with Crippen molar-refractivity contribution >= 4 is 17.9 Å². The number of aromatic nitrogens is 1. The zero-order chi connectivity index (χ0) is 18.9. The van der Waals surface area contributed by atoms with Gasteiger partial charge in [0, 0.05) is 24.4 Å². The van der Waals surface area contributed by atoms with E-state index in [4.69, 9.17) is 9.47 Å². The van der Waals surface area contributed by atoms with Crippen LogP contribution in [-0.2, 0) is 16.1 Å². The second-order valence-corrected chi connectivity index (χ2v) is 5.18. The Hall–Kier alpha value is -3.55. The summed E-state index contributed by atoms with van der Waals surface area (Å²) < 4.78 is 11.5. The van der Waals surface area contributed by atoms with Crippen LogP contribution < -0.4 is 25.9 Å². The highest BCUT2D eigenvalue weighted by Gasteiger charge is 2.05. The van der Waals surface area contributed by atoms with Gasteiger partial charge in [0.05, 0.1) is 14.2 Å². The number of carbonyl (C=O) groups is 2. The second-order valence-electron chi connectivity index (χ2n) is 5.18. The lowest BCUT2D eigenvalue weighted by Crippen LogP contribution is -2.43. The van der Waals surface area contributed by atoms with E-state index in [0.717, 1.165) is 0 Å². The van der Waals surface area contributed by atoms with Gasteiger partial charge in [0.1, 0.15) is 18.0 Å². The van der Waals surface area contributed by atoms with Crippen LogP contribution in [0.15, 0.2) is 53.5 Å². The third kappa shape index (κ3) is 5.52. The number of benzene rings is 1. The molecule has 8 heteroatoms. The topological polar surface area (TPSA) is 98.7 Å². The van der Waals surface area contributed by atoms with Crippen LogP contribution >= 0.6 is 0 Å². The van der Waals surface area contributed by atoms with Gasteiger partial charge < -0.3 is 14.0 Å². The monoisotopic (exact) mass is 357 g/mol. The predicted octanol–water partition coefficient (Wildman–Crippen LogP) is 0.726. The van der Waals surface area contributed by atoms with Gasteiger partial charge in [-0.2, -0.15) is 0 Å². The van der Waals surface area contributed by atoms with E-state index in [1.807, 2.05) is 0 Å². The van der Waals surface area contributed by atoms with E-state index in [-0.39, 0.29) is 12.1 Å². The van der Waals surface area contributed by atoms with Crippen LogP contribution in [0.1, 0.15) is 5.56 Å². The summed E-state index contributed by atoms with van der Waals surface area (Å²) in [5.41, 5.74) is 4.88. The highest BCUT2D eigenvalue weighted by molar-refractivity contribution is 5.93. The molecule has 0 saturated carbocycles. The van der Waals surface area contributed by atoms with Crippen molar-refractivity contribution in [3.05, 3.63) is 64.6 Å². The van der Waals surface area contributed by atoms with Gasteiger partial charge >= 0.3 is 0 Å². The molecule has 0 unspecified atom stereocenters. The van der Waals surface area contributed by atoms with Gasteiger partial charge in [-0.1, -0.05) is 6.07 Å². The van der Waals surface area contributed by atoms with Crippen LogP contribution in [0.25, 0.3) is 6.08 Å². The fraction of sp³-hybridized carbons (Fsp3) is 0.167. The van der Waals surface area contributed by atoms with Gasteiger partial charge in [-0.3, -0.25) is 25.2 Å². The summed E-state index contributed by atoms with van der Waals surface area (Å²) in [5, 5.41) is 0. The number of carbonyl (C=O) groups excluding carboxylic acids is 2. The predicted molar refractivity (Wildman–Crippen MR) is 95.6 cm³/mol. The summed E-state index contributed by atoms with van der Waals surface area (Å²) >= 11 is 0. The Morgan fingerprint density at radius 3 is 2.38 bits per heavy atom. The summed E-state index contributed by atoms with van der Waals surface area (Å²) in [7, 11) is 3.06. The minimum Gasteiger partial charge on any atom is -0.497 e. The van der Waals surface area contributed by atoms with Crippen LogP contribution in [0.5, 0.6) is 11.5 Å². The Morgan fingerprint density at radius 1 is 1.08 bits per heavy atom. The van der Waals surface area contributed by atoms with Gasteiger partial charge in [-0.25, -0.2) is 0 Å². The number of ether oxygens (including phenoxy) is 2. The van der Waals surface area contributed by atoms with Gasteiger partial charge in [0.2, 0.25) is 0 Å². The Balaban J connectivity index is 1.90. The molecule has 1 heterocycles. The zero-order valence-corrected chi connectivity index (χ0v) is 14.4. The number of rotatable bonds is 6. The van der Waals surface area contributed by atoms with Gasteiger partial charge in [0.25, 0.3) is 17.4 Å². The van der Waals surface area contributed by atoms with Crippen molar-refractivity contribution < 1.29 is 19.1 Å². The quantitative estimate of drug-likeness (QED) is 0.586. The second kappa shape index (κ2) is 9.07. The molecule has 136 valence electrons. The molecular formula is C18H19N3O5.